The SMILES string of the molecule is CC1C=C(N(c2[c-]cccc2)c2[c-]c(-c3nc(-c4cccc5ccccc45)nc(-c4cccc5ccccc45)n3)ccc2)c2ccncc2C1.[U+2]. The van der Waals surface area contributed by atoms with Crippen molar-refractivity contribution in [1.82, 2.24) is 19.9 Å². The van der Waals surface area contributed by atoms with Crippen molar-refractivity contribution in [2.75, 3.05) is 4.90 Å². The molecular weight excluding hydrogens is 849 g/mol. The van der Waals surface area contributed by atoms with Gasteiger partial charge in [-0.1, -0.05) is 104 Å². The quantitative estimate of drug-likeness (QED) is 0.156. The van der Waals surface area contributed by atoms with Crippen molar-refractivity contribution in [2.45, 2.75) is 13.3 Å². The third-order valence-electron chi connectivity index (χ3n) is 9.30. The van der Waals surface area contributed by atoms with Gasteiger partial charge in [-0.25, -0.2) is 4.98 Å². The summed E-state index contributed by atoms with van der Waals surface area (Å²) in [4.78, 5) is 22.1. The molecule has 0 saturated heterocycles. The number of fused-ring (bicyclic) bond motifs is 3. The molecule has 0 amide bonds. The van der Waals surface area contributed by atoms with Crippen LogP contribution >= 0.6 is 0 Å². The Balaban J connectivity index is 0.00000374. The number of allylic oxidation sites excluding steroid dienone is 1. The van der Waals surface area contributed by atoms with Crippen LogP contribution in [0.25, 0.3) is 61.4 Å². The molecule has 0 N–H and O–H groups in total. The Morgan fingerprint density at radius 2 is 1.22 bits per heavy atom. The van der Waals surface area contributed by atoms with Crippen LogP contribution in [0.3, 0.4) is 0 Å². The summed E-state index contributed by atoms with van der Waals surface area (Å²) in [5, 5.41) is 4.44. The van der Waals surface area contributed by atoms with Crippen molar-refractivity contribution in [3.8, 4) is 34.2 Å². The fourth-order valence-corrected chi connectivity index (χ4v) is 7.01. The molecule has 0 saturated carbocycles. The van der Waals surface area contributed by atoms with E-state index in [1.54, 1.807) is 0 Å². The van der Waals surface area contributed by atoms with Gasteiger partial charge in [-0.3, -0.25) is 15.0 Å². The molecule has 0 radical (unpaired) electrons. The van der Waals surface area contributed by atoms with Crippen molar-refractivity contribution in [3.63, 3.8) is 0 Å². The maximum absolute atomic E-state index is 5.16. The number of anilines is 2. The molecule has 51 heavy (non-hydrogen) atoms. The molecular formula is C45H31N5U. The summed E-state index contributed by atoms with van der Waals surface area (Å²) in [6.07, 6.45) is 7.13. The summed E-state index contributed by atoms with van der Waals surface area (Å²) < 4.78 is 0. The van der Waals surface area contributed by atoms with Crippen molar-refractivity contribution in [1.29, 1.82) is 0 Å². The first-order valence-electron chi connectivity index (χ1n) is 16.9. The van der Waals surface area contributed by atoms with Gasteiger partial charge >= 0.3 is 31.1 Å². The molecule has 0 bridgehead atoms. The van der Waals surface area contributed by atoms with Crippen molar-refractivity contribution < 1.29 is 31.1 Å². The van der Waals surface area contributed by atoms with E-state index < -0.39 is 0 Å². The zero-order chi connectivity index (χ0) is 33.4. The van der Waals surface area contributed by atoms with E-state index in [0.717, 1.165) is 67.3 Å². The first kappa shape index (κ1) is 32.8. The normalized spacial score (nSPS) is 13.7. The number of hydrogen-bond donors (Lipinski definition) is 0. The Kier molecular flexibility index (Phi) is 9.05. The first-order chi connectivity index (χ1) is 24.7. The van der Waals surface area contributed by atoms with Gasteiger partial charge in [-0.05, 0) is 51.2 Å². The van der Waals surface area contributed by atoms with Crippen LogP contribution in [0.1, 0.15) is 18.1 Å². The van der Waals surface area contributed by atoms with Gasteiger partial charge in [0.15, 0.2) is 11.6 Å². The smallest absolute Gasteiger partial charge is 0.352 e. The maximum Gasteiger partial charge on any atom is 2.00 e. The summed E-state index contributed by atoms with van der Waals surface area (Å²) in [7, 11) is 0. The molecule has 2 heterocycles. The Labute approximate surface area is 321 Å². The van der Waals surface area contributed by atoms with E-state index in [9.17, 15) is 0 Å². The zero-order valence-electron chi connectivity index (χ0n) is 28.0. The Morgan fingerprint density at radius 3 is 1.90 bits per heavy atom. The summed E-state index contributed by atoms with van der Waals surface area (Å²) >= 11 is 0. The van der Waals surface area contributed by atoms with Gasteiger partial charge in [0, 0.05) is 34.8 Å². The summed E-state index contributed by atoms with van der Waals surface area (Å²) in [5.41, 5.74) is 7.94. The second-order valence-corrected chi connectivity index (χ2v) is 12.7. The van der Waals surface area contributed by atoms with Gasteiger partial charge in [-0.15, -0.1) is 35.9 Å². The molecule has 1 aliphatic carbocycles. The third-order valence-corrected chi connectivity index (χ3v) is 9.30. The fourth-order valence-electron chi connectivity index (χ4n) is 7.01. The molecule has 9 rings (SSSR count). The van der Waals surface area contributed by atoms with Crippen molar-refractivity contribution in [2.24, 2.45) is 5.92 Å². The second-order valence-electron chi connectivity index (χ2n) is 12.7. The maximum atomic E-state index is 5.16. The molecule has 8 aromatic rings. The number of pyridine rings is 1. The van der Waals surface area contributed by atoms with Crippen LogP contribution in [0, 0.1) is 49.2 Å². The van der Waals surface area contributed by atoms with Crippen LogP contribution in [0.15, 0.2) is 152 Å². The minimum absolute atomic E-state index is 0. The van der Waals surface area contributed by atoms with Crippen LogP contribution in [0.2, 0.25) is 0 Å². The van der Waals surface area contributed by atoms with Crippen LogP contribution in [-0.2, 0) is 6.42 Å². The topological polar surface area (TPSA) is 54.8 Å². The van der Waals surface area contributed by atoms with Gasteiger partial charge in [0.1, 0.15) is 0 Å². The van der Waals surface area contributed by atoms with Crippen LogP contribution in [0.5, 0.6) is 0 Å². The Hall–Kier alpha value is -5.41. The molecule has 2 aromatic heterocycles. The molecule has 0 fully saturated rings. The summed E-state index contributed by atoms with van der Waals surface area (Å²) in [6.45, 7) is 2.25. The molecule has 5 nitrogen and oxygen atoms in total. The molecule has 0 aliphatic heterocycles. The molecule has 1 atom stereocenters. The Morgan fingerprint density at radius 1 is 0.608 bits per heavy atom. The average Bonchev–Trinajstić information content (AvgIpc) is 3.18. The molecule has 1 unspecified atom stereocenters. The molecule has 6 heteroatoms. The summed E-state index contributed by atoms with van der Waals surface area (Å²) in [5.74, 6) is 2.13. The van der Waals surface area contributed by atoms with Gasteiger partial charge in [0.2, 0.25) is 0 Å². The zero-order valence-corrected chi connectivity index (χ0v) is 32.1. The van der Waals surface area contributed by atoms with E-state index in [-0.39, 0.29) is 31.1 Å². The van der Waals surface area contributed by atoms with E-state index >= 15 is 0 Å². The first-order valence-corrected chi connectivity index (χ1v) is 16.9. The number of hydrogen-bond acceptors (Lipinski definition) is 5. The Bertz CT molecular complexity index is 2460. The number of aromatic nitrogens is 4. The van der Waals surface area contributed by atoms with E-state index in [4.69, 9.17) is 15.0 Å². The van der Waals surface area contributed by atoms with Gasteiger partial charge in [-0.2, -0.15) is 24.3 Å². The standard InChI is InChI=1S/C45H31N5.U/c1-30-26-34-29-46-25-24-39(34)42(27-30)50(35-17-3-2-4-18-35)36-19-9-16-33(28-36)43-47-44(40-22-10-14-31-12-5-7-20-37(31)40)49-45(48-43)41-23-11-15-32-13-6-8-21-38(32)41;/h2-17,19-25,27,29-30H,26H2,1H3;/q-2;+2. The van der Waals surface area contributed by atoms with Gasteiger partial charge < -0.3 is 4.90 Å². The number of nitrogens with zero attached hydrogens (tertiary/aromatic N) is 5. The van der Waals surface area contributed by atoms with E-state index in [1.165, 1.54) is 5.56 Å². The van der Waals surface area contributed by atoms with Crippen LogP contribution in [0.4, 0.5) is 11.4 Å². The predicted molar refractivity (Wildman–Crippen MR) is 202 cm³/mol. The number of benzene rings is 6. The number of para-hydroxylation sites is 1. The fraction of sp³-hybridized carbons (Fsp3) is 0.0667. The summed E-state index contributed by atoms with van der Waals surface area (Å²) in [6, 6.07) is 52.8. The molecule has 0 spiro atoms. The van der Waals surface area contributed by atoms with Crippen molar-refractivity contribution in [3.05, 3.63) is 175 Å². The largest absolute Gasteiger partial charge is 2.00 e. The molecule has 1 aliphatic rings. The van der Waals surface area contributed by atoms with Crippen molar-refractivity contribution >= 4 is 38.6 Å². The van der Waals surface area contributed by atoms with Crippen LogP contribution < -0.4 is 4.90 Å². The second kappa shape index (κ2) is 14.1. The monoisotopic (exact) mass is 879 g/mol. The van der Waals surface area contributed by atoms with E-state index in [2.05, 4.69) is 144 Å². The molecule has 6 aromatic carbocycles. The average molecular weight is 880 g/mol. The van der Waals surface area contributed by atoms with Gasteiger partial charge in [0.05, 0.1) is 5.82 Å². The third kappa shape index (κ3) is 6.27. The minimum Gasteiger partial charge on any atom is -0.352 e. The van der Waals surface area contributed by atoms with E-state index in [1.807, 2.05) is 36.7 Å². The van der Waals surface area contributed by atoms with Crippen LogP contribution in [-0.4, -0.2) is 19.9 Å². The molecule has 240 valence electrons. The van der Waals surface area contributed by atoms with Gasteiger partial charge in [0.25, 0.3) is 0 Å². The number of rotatable bonds is 6. The van der Waals surface area contributed by atoms with E-state index in [0.29, 0.717) is 23.4 Å². The predicted octanol–water partition coefficient (Wildman–Crippen LogP) is 10.5. The minimum atomic E-state index is 0.